The van der Waals surface area contributed by atoms with Gasteiger partial charge in [-0.25, -0.2) is 4.98 Å². The van der Waals surface area contributed by atoms with Crippen molar-refractivity contribution < 1.29 is 0 Å². The summed E-state index contributed by atoms with van der Waals surface area (Å²) in [6.45, 7) is 20.0. The van der Waals surface area contributed by atoms with Gasteiger partial charge in [-0.05, 0) is 107 Å². The van der Waals surface area contributed by atoms with Crippen LogP contribution in [0.25, 0.3) is 77.6 Å². The average Bonchev–Trinajstić information content (AvgIpc) is 3.89. The second-order valence-electron chi connectivity index (χ2n) is 16.3. The number of para-hydroxylation sites is 1. The van der Waals surface area contributed by atoms with Gasteiger partial charge in [0.2, 0.25) is 0 Å². The molecular weight excluding hydrogens is 705 g/mol. The van der Waals surface area contributed by atoms with E-state index in [-0.39, 0.29) is 10.8 Å². The first kappa shape index (κ1) is 36.8. The predicted molar refractivity (Wildman–Crippen MR) is 247 cm³/mol. The first-order valence-electron chi connectivity index (χ1n) is 20.1. The van der Waals surface area contributed by atoms with E-state index in [9.17, 15) is 0 Å². The van der Waals surface area contributed by atoms with Crippen LogP contribution in [0.1, 0.15) is 63.8 Å². The first-order valence-corrected chi connectivity index (χ1v) is 20.1. The fourth-order valence-corrected chi connectivity index (χ4v) is 9.44. The molecule has 4 heterocycles. The highest BCUT2D eigenvalue weighted by Gasteiger charge is 2.37. The summed E-state index contributed by atoms with van der Waals surface area (Å²) in [5.74, 6) is 0. The number of fused-ring (bicyclic) bond motifs is 12. The highest BCUT2D eigenvalue weighted by Crippen LogP contribution is 2.51. The molecule has 0 aliphatic heterocycles. The molecule has 5 aromatic carbocycles. The molecule has 4 heteroatoms. The fourth-order valence-electron chi connectivity index (χ4n) is 9.44. The quantitative estimate of drug-likeness (QED) is 0.133. The topological polar surface area (TPSA) is 35.6 Å². The summed E-state index contributed by atoms with van der Waals surface area (Å²) in [5, 5.41) is 2.32. The van der Waals surface area contributed by atoms with Crippen molar-refractivity contribution in [3.8, 4) is 33.6 Å². The van der Waals surface area contributed by atoms with E-state index < -0.39 is 0 Å². The van der Waals surface area contributed by atoms with E-state index in [4.69, 9.17) is 9.97 Å². The number of allylic oxidation sites excluding steroid dienone is 4. The minimum absolute atomic E-state index is 0.0927. The molecule has 0 amide bonds. The normalized spacial score (nSPS) is 14.0. The maximum Gasteiger partial charge on any atom is 0.146 e. The fraction of sp³-hybridized carbons (Fsp3) is 0.148. The number of benzene rings is 5. The number of pyridine rings is 2. The van der Waals surface area contributed by atoms with E-state index in [0.29, 0.717) is 0 Å². The van der Waals surface area contributed by atoms with Gasteiger partial charge in [0.25, 0.3) is 0 Å². The number of aromatic nitrogens is 4. The van der Waals surface area contributed by atoms with Crippen LogP contribution in [0.4, 0.5) is 0 Å². The zero-order valence-corrected chi connectivity index (χ0v) is 34.2. The molecule has 58 heavy (non-hydrogen) atoms. The van der Waals surface area contributed by atoms with Gasteiger partial charge >= 0.3 is 0 Å². The van der Waals surface area contributed by atoms with Crippen molar-refractivity contribution in [3.63, 3.8) is 0 Å². The van der Waals surface area contributed by atoms with Gasteiger partial charge < -0.3 is 4.57 Å². The molecule has 0 saturated heterocycles. The Morgan fingerprint density at radius 1 is 0.517 bits per heavy atom. The van der Waals surface area contributed by atoms with Crippen LogP contribution in [0.2, 0.25) is 0 Å². The van der Waals surface area contributed by atoms with E-state index in [0.717, 1.165) is 50.0 Å². The summed E-state index contributed by atoms with van der Waals surface area (Å²) in [5.41, 5.74) is 18.9. The molecule has 2 aliphatic rings. The largest absolute Gasteiger partial charge is 0.306 e. The molecule has 284 valence electrons. The van der Waals surface area contributed by atoms with Crippen LogP contribution >= 0.6 is 0 Å². The monoisotopic (exact) mass is 752 g/mol. The zero-order chi connectivity index (χ0) is 40.3. The average molecular weight is 753 g/mol. The Morgan fingerprint density at radius 3 is 1.64 bits per heavy atom. The van der Waals surface area contributed by atoms with Crippen molar-refractivity contribution in [1.29, 1.82) is 0 Å². The molecule has 0 atom stereocenters. The molecule has 0 N–H and O–H groups in total. The summed E-state index contributed by atoms with van der Waals surface area (Å²) < 4.78 is 4.72. The van der Waals surface area contributed by atoms with E-state index in [2.05, 4.69) is 171 Å². The van der Waals surface area contributed by atoms with Crippen LogP contribution in [0.3, 0.4) is 0 Å². The summed E-state index contributed by atoms with van der Waals surface area (Å²) in [4.78, 5) is 10.5. The Hall–Kier alpha value is -6.78. The van der Waals surface area contributed by atoms with Gasteiger partial charge in [-0.3, -0.25) is 9.55 Å². The number of nitrogens with zero attached hydrogens (tertiary/aromatic N) is 4. The van der Waals surface area contributed by atoms with Crippen LogP contribution in [0.5, 0.6) is 0 Å². The lowest BCUT2D eigenvalue weighted by Crippen LogP contribution is -2.15. The van der Waals surface area contributed by atoms with Crippen LogP contribution in [-0.4, -0.2) is 19.1 Å². The Labute approximate surface area is 341 Å². The summed E-state index contributed by atoms with van der Waals surface area (Å²) in [6, 6.07) is 46.8. The molecule has 4 aromatic heterocycles. The molecule has 0 fully saturated rings. The molecule has 9 aromatic rings. The molecule has 0 saturated carbocycles. The van der Waals surface area contributed by atoms with Crippen LogP contribution < -0.4 is 0 Å². The SMILES string of the molecule is C=C/C=C\C.C=CC.CC1(C)c2ccccc2-c2ccc(-n3c4cccnc4c4nc5c(cc43)c3ccccc3n5-c3ccc4c(c3)C(C)(C)c3ccccc3-4)cc21. The number of rotatable bonds is 3. The molecule has 0 radical (unpaired) electrons. The van der Waals surface area contributed by atoms with Gasteiger partial charge in [0, 0.05) is 39.2 Å². The Balaban J connectivity index is 0.000000502. The van der Waals surface area contributed by atoms with E-state index in [1.807, 2.05) is 38.3 Å². The third kappa shape index (κ3) is 5.43. The number of hydrogen-bond donors (Lipinski definition) is 0. The third-order valence-electron chi connectivity index (χ3n) is 12.1. The molecular formula is C54H48N4. The molecule has 4 nitrogen and oxygen atoms in total. The minimum atomic E-state index is -0.0936. The van der Waals surface area contributed by atoms with Gasteiger partial charge in [0.1, 0.15) is 16.7 Å². The Kier molecular flexibility index (Phi) is 8.89. The summed E-state index contributed by atoms with van der Waals surface area (Å²) in [6.07, 6.45) is 9.21. The second kappa shape index (κ2) is 14.0. The molecule has 0 bridgehead atoms. The van der Waals surface area contributed by atoms with Crippen molar-refractivity contribution in [1.82, 2.24) is 19.1 Å². The van der Waals surface area contributed by atoms with E-state index >= 15 is 0 Å². The maximum absolute atomic E-state index is 5.55. The van der Waals surface area contributed by atoms with Gasteiger partial charge in [0.05, 0.1) is 16.6 Å². The Bertz CT molecular complexity index is 2930. The van der Waals surface area contributed by atoms with Crippen molar-refractivity contribution >= 4 is 44.0 Å². The van der Waals surface area contributed by atoms with Crippen molar-refractivity contribution in [3.05, 3.63) is 193 Å². The molecule has 0 spiro atoms. The van der Waals surface area contributed by atoms with Gasteiger partial charge in [-0.2, -0.15) is 0 Å². The lowest BCUT2D eigenvalue weighted by atomic mass is 9.82. The highest BCUT2D eigenvalue weighted by atomic mass is 15.1. The summed E-state index contributed by atoms with van der Waals surface area (Å²) >= 11 is 0. The van der Waals surface area contributed by atoms with E-state index in [1.165, 1.54) is 49.9 Å². The minimum Gasteiger partial charge on any atom is -0.306 e. The number of hydrogen-bond acceptors (Lipinski definition) is 2. The first-order chi connectivity index (χ1) is 28.1. The maximum atomic E-state index is 5.55. The van der Waals surface area contributed by atoms with Crippen LogP contribution in [0, 0.1) is 0 Å². The van der Waals surface area contributed by atoms with Crippen LogP contribution in [-0.2, 0) is 10.8 Å². The zero-order valence-electron chi connectivity index (χ0n) is 34.2. The van der Waals surface area contributed by atoms with Gasteiger partial charge in [-0.1, -0.05) is 137 Å². The van der Waals surface area contributed by atoms with E-state index in [1.54, 1.807) is 12.2 Å². The third-order valence-corrected chi connectivity index (χ3v) is 12.1. The van der Waals surface area contributed by atoms with Crippen molar-refractivity contribution in [2.24, 2.45) is 0 Å². The van der Waals surface area contributed by atoms with Crippen LogP contribution in [0.15, 0.2) is 171 Å². The molecule has 11 rings (SSSR count). The lowest BCUT2D eigenvalue weighted by molar-refractivity contribution is 0.660. The second-order valence-corrected chi connectivity index (χ2v) is 16.3. The van der Waals surface area contributed by atoms with Gasteiger partial charge in [0.15, 0.2) is 0 Å². The highest BCUT2D eigenvalue weighted by molar-refractivity contribution is 6.15. The smallest absolute Gasteiger partial charge is 0.146 e. The Morgan fingerprint density at radius 2 is 1.05 bits per heavy atom. The standard InChI is InChI=1S/C46H34N4.C5H8.C3H6/c1-45(2)35-15-8-5-12-29(35)31-21-19-27(24-37(31)45)49-40-18-11-23-47-42(40)43-41(49)26-34-33-14-7-10-17-39(33)50(44(34)48-43)28-20-22-32-30-13-6-9-16-36(30)46(3,4)38(32)25-28;1-3-5-4-2;1-3-2/h5-26H,1-4H3;3-5H,1H2,2H3;3H,1H2,2H3/b;5-4-;. The predicted octanol–water partition coefficient (Wildman–Crippen LogP) is 14.2. The summed E-state index contributed by atoms with van der Waals surface area (Å²) in [7, 11) is 0. The van der Waals surface area contributed by atoms with Crippen molar-refractivity contribution in [2.45, 2.75) is 52.4 Å². The lowest BCUT2D eigenvalue weighted by Gasteiger charge is -2.22. The van der Waals surface area contributed by atoms with Gasteiger partial charge in [-0.15, -0.1) is 6.58 Å². The molecule has 0 unspecified atom stereocenters. The molecule has 2 aliphatic carbocycles. The van der Waals surface area contributed by atoms with Crippen molar-refractivity contribution in [2.75, 3.05) is 0 Å².